The van der Waals surface area contributed by atoms with Crippen molar-refractivity contribution < 1.29 is 34.5 Å². The molecule has 0 aromatic carbocycles. The summed E-state index contributed by atoms with van der Waals surface area (Å²) in [6.45, 7) is 1.64. The standard InChI is InChI=1S/C14H23N3O7/c1-7(18)11(15)13(22)17-6-2-3-9(17)12(21)16-8(14(23)24)4-5-10(19)20/h7-9,11,18H,2-6,15H2,1H3,(H,16,21)(H,19,20)(H,23,24). The number of rotatable bonds is 8. The number of amides is 2. The number of carboxylic acid groups (broad SMARTS) is 2. The van der Waals surface area contributed by atoms with E-state index in [2.05, 4.69) is 5.32 Å². The topological polar surface area (TPSA) is 170 Å². The lowest BCUT2D eigenvalue weighted by Crippen LogP contribution is -2.55. The summed E-state index contributed by atoms with van der Waals surface area (Å²) < 4.78 is 0. The van der Waals surface area contributed by atoms with Crippen LogP contribution in [0.3, 0.4) is 0 Å². The van der Waals surface area contributed by atoms with Crippen LogP contribution in [-0.2, 0) is 19.2 Å². The Balaban J connectivity index is 2.75. The molecule has 0 aromatic heterocycles. The third-order valence-corrected chi connectivity index (χ3v) is 3.90. The van der Waals surface area contributed by atoms with Gasteiger partial charge in [-0.25, -0.2) is 4.79 Å². The van der Waals surface area contributed by atoms with Crippen molar-refractivity contribution in [2.24, 2.45) is 5.73 Å². The number of nitrogens with two attached hydrogens (primary N) is 1. The summed E-state index contributed by atoms with van der Waals surface area (Å²) >= 11 is 0. The van der Waals surface area contributed by atoms with Gasteiger partial charge in [-0.3, -0.25) is 14.4 Å². The maximum Gasteiger partial charge on any atom is 0.326 e. The van der Waals surface area contributed by atoms with E-state index < -0.39 is 54.4 Å². The number of hydrogen-bond donors (Lipinski definition) is 5. The molecule has 10 nitrogen and oxygen atoms in total. The average Bonchev–Trinajstić information content (AvgIpc) is 2.98. The highest BCUT2D eigenvalue weighted by molar-refractivity contribution is 5.92. The van der Waals surface area contributed by atoms with Crippen molar-refractivity contribution in [3.63, 3.8) is 0 Å². The van der Waals surface area contributed by atoms with Crippen LogP contribution in [0.4, 0.5) is 0 Å². The molecule has 1 heterocycles. The molecule has 0 aromatic rings. The monoisotopic (exact) mass is 345 g/mol. The summed E-state index contributed by atoms with van der Waals surface area (Å²) in [6.07, 6.45) is -0.857. The van der Waals surface area contributed by atoms with Gasteiger partial charge in [0.25, 0.3) is 0 Å². The van der Waals surface area contributed by atoms with Gasteiger partial charge in [-0.2, -0.15) is 0 Å². The number of nitrogens with zero attached hydrogens (tertiary/aromatic N) is 1. The molecule has 0 spiro atoms. The molecule has 4 atom stereocenters. The predicted octanol–water partition coefficient (Wildman–Crippen LogP) is -1.88. The van der Waals surface area contributed by atoms with Crippen LogP contribution in [0, 0.1) is 0 Å². The van der Waals surface area contributed by atoms with Crippen LogP contribution >= 0.6 is 0 Å². The first-order valence-corrected chi connectivity index (χ1v) is 7.64. The number of carbonyl (C=O) groups excluding carboxylic acids is 2. The van der Waals surface area contributed by atoms with E-state index in [0.29, 0.717) is 12.8 Å². The number of carboxylic acids is 2. The van der Waals surface area contributed by atoms with Crippen molar-refractivity contribution >= 4 is 23.8 Å². The Morgan fingerprint density at radius 3 is 2.42 bits per heavy atom. The number of aliphatic hydroxyl groups is 1. The first-order valence-electron chi connectivity index (χ1n) is 7.64. The molecular formula is C14H23N3O7. The van der Waals surface area contributed by atoms with Crippen LogP contribution in [-0.4, -0.2) is 74.7 Å². The van der Waals surface area contributed by atoms with Crippen LogP contribution in [0.15, 0.2) is 0 Å². The molecule has 6 N–H and O–H groups in total. The largest absolute Gasteiger partial charge is 0.481 e. The number of aliphatic hydroxyl groups excluding tert-OH is 1. The smallest absolute Gasteiger partial charge is 0.326 e. The third-order valence-electron chi connectivity index (χ3n) is 3.90. The van der Waals surface area contributed by atoms with Crippen molar-refractivity contribution in [2.45, 2.75) is 56.8 Å². The fourth-order valence-corrected chi connectivity index (χ4v) is 2.49. The molecule has 0 radical (unpaired) electrons. The van der Waals surface area contributed by atoms with E-state index >= 15 is 0 Å². The molecule has 0 bridgehead atoms. The highest BCUT2D eigenvalue weighted by atomic mass is 16.4. The van der Waals surface area contributed by atoms with Crippen molar-refractivity contribution in [1.29, 1.82) is 0 Å². The second-order valence-electron chi connectivity index (χ2n) is 5.79. The van der Waals surface area contributed by atoms with Crippen LogP contribution in [0.2, 0.25) is 0 Å². The summed E-state index contributed by atoms with van der Waals surface area (Å²) in [6, 6.07) is -3.40. The Morgan fingerprint density at radius 2 is 1.92 bits per heavy atom. The summed E-state index contributed by atoms with van der Waals surface area (Å²) in [7, 11) is 0. The maximum atomic E-state index is 12.3. The third kappa shape index (κ3) is 5.17. The number of nitrogens with one attached hydrogen (secondary N) is 1. The Bertz CT molecular complexity index is 509. The summed E-state index contributed by atoms with van der Waals surface area (Å²) in [4.78, 5) is 47.4. The second-order valence-corrected chi connectivity index (χ2v) is 5.79. The number of hydrogen-bond acceptors (Lipinski definition) is 6. The molecule has 1 rings (SSSR count). The van der Waals surface area contributed by atoms with E-state index in [1.165, 1.54) is 11.8 Å². The Labute approximate surface area is 138 Å². The molecule has 2 amide bonds. The fraction of sp³-hybridized carbons (Fsp3) is 0.714. The van der Waals surface area contributed by atoms with Gasteiger partial charge in [0.2, 0.25) is 11.8 Å². The Kier molecular flexibility index (Phi) is 7.11. The average molecular weight is 345 g/mol. The molecule has 1 saturated heterocycles. The van der Waals surface area contributed by atoms with Gasteiger partial charge in [-0.15, -0.1) is 0 Å². The van der Waals surface area contributed by atoms with Crippen molar-refractivity contribution in [3.05, 3.63) is 0 Å². The van der Waals surface area contributed by atoms with Crippen molar-refractivity contribution in [1.82, 2.24) is 10.2 Å². The molecule has 10 heteroatoms. The lowest BCUT2D eigenvalue weighted by atomic mass is 10.1. The first kappa shape index (κ1) is 19.8. The zero-order chi connectivity index (χ0) is 18.4. The minimum absolute atomic E-state index is 0.260. The zero-order valence-electron chi connectivity index (χ0n) is 13.3. The fourth-order valence-electron chi connectivity index (χ4n) is 2.49. The van der Waals surface area contributed by atoms with Crippen LogP contribution in [0.1, 0.15) is 32.6 Å². The molecular weight excluding hydrogens is 322 g/mol. The predicted molar refractivity (Wildman–Crippen MR) is 80.8 cm³/mol. The number of carbonyl (C=O) groups is 4. The van der Waals surface area contributed by atoms with Crippen LogP contribution in [0.5, 0.6) is 0 Å². The van der Waals surface area contributed by atoms with E-state index in [4.69, 9.17) is 15.9 Å². The van der Waals surface area contributed by atoms with Crippen LogP contribution < -0.4 is 11.1 Å². The zero-order valence-corrected chi connectivity index (χ0v) is 13.3. The Hall–Kier alpha value is -2.20. The van der Waals surface area contributed by atoms with Crippen LogP contribution in [0.25, 0.3) is 0 Å². The van der Waals surface area contributed by atoms with E-state index in [1.807, 2.05) is 0 Å². The molecule has 1 fully saturated rings. The second kappa shape index (κ2) is 8.60. The number of likely N-dealkylation sites (tertiary alicyclic amines) is 1. The van der Waals surface area contributed by atoms with Gasteiger partial charge < -0.3 is 31.3 Å². The van der Waals surface area contributed by atoms with Gasteiger partial charge in [0.1, 0.15) is 18.1 Å². The van der Waals surface area contributed by atoms with Gasteiger partial charge in [0, 0.05) is 13.0 Å². The molecule has 24 heavy (non-hydrogen) atoms. The molecule has 1 aliphatic heterocycles. The van der Waals surface area contributed by atoms with Crippen molar-refractivity contribution in [2.75, 3.05) is 6.54 Å². The van der Waals surface area contributed by atoms with Gasteiger partial charge in [0.05, 0.1) is 6.10 Å². The maximum absolute atomic E-state index is 12.3. The van der Waals surface area contributed by atoms with Gasteiger partial charge in [0.15, 0.2) is 0 Å². The van der Waals surface area contributed by atoms with E-state index in [9.17, 15) is 24.3 Å². The quantitative estimate of drug-likeness (QED) is 0.340. The summed E-state index contributed by atoms with van der Waals surface area (Å²) in [5.74, 6) is -3.77. The van der Waals surface area contributed by atoms with Gasteiger partial charge >= 0.3 is 11.9 Å². The molecule has 0 aliphatic carbocycles. The molecule has 0 saturated carbocycles. The lowest BCUT2D eigenvalue weighted by molar-refractivity contribution is -0.145. The molecule has 136 valence electrons. The highest BCUT2D eigenvalue weighted by Gasteiger charge is 2.38. The van der Waals surface area contributed by atoms with Crippen molar-refractivity contribution in [3.8, 4) is 0 Å². The lowest BCUT2D eigenvalue weighted by Gasteiger charge is -2.28. The van der Waals surface area contributed by atoms with E-state index in [1.54, 1.807) is 0 Å². The van der Waals surface area contributed by atoms with E-state index in [0.717, 1.165) is 0 Å². The number of aliphatic carboxylic acids is 2. The molecule has 4 unspecified atom stereocenters. The minimum atomic E-state index is -1.35. The molecule has 1 aliphatic rings. The van der Waals surface area contributed by atoms with E-state index in [-0.39, 0.29) is 13.0 Å². The Morgan fingerprint density at radius 1 is 1.29 bits per heavy atom. The minimum Gasteiger partial charge on any atom is -0.481 e. The summed E-state index contributed by atoms with van der Waals surface area (Å²) in [5.41, 5.74) is 5.60. The highest BCUT2D eigenvalue weighted by Crippen LogP contribution is 2.19. The van der Waals surface area contributed by atoms with Gasteiger partial charge in [-0.05, 0) is 26.2 Å². The normalized spacial score (nSPS) is 21.0. The summed E-state index contributed by atoms with van der Waals surface area (Å²) in [5, 5.41) is 29.4. The first-order chi connectivity index (χ1) is 11.1. The van der Waals surface area contributed by atoms with Gasteiger partial charge in [-0.1, -0.05) is 0 Å². The SMILES string of the molecule is CC(O)C(N)C(=O)N1CCCC1C(=O)NC(CCC(=O)O)C(=O)O.